The molecule has 3 nitrogen and oxygen atoms in total. The van der Waals surface area contributed by atoms with E-state index < -0.39 is 5.97 Å². The molecule has 1 rings (SSSR count). The number of carboxylic acids is 1. The third-order valence-electron chi connectivity index (χ3n) is 0.712. The van der Waals surface area contributed by atoms with E-state index in [1.807, 2.05) is 5.38 Å². The van der Waals surface area contributed by atoms with Crippen molar-refractivity contribution in [3.8, 4) is 0 Å². The van der Waals surface area contributed by atoms with Gasteiger partial charge >= 0.3 is 5.97 Å². The van der Waals surface area contributed by atoms with E-state index in [-0.39, 0.29) is 5.57 Å². The third-order valence-corrected chi connectivity index (χ3v) is 1.23. The van der Waals surface area contributed by atoms with Gasteiger partial charge in [-0.3, -0.25) is 4.98 Å². The average molecular weight is 171 g/mol. The molecule has 0 amide bonds. The molecule has 0 unspecified atom stereocenters. The molecule has 1 heterocycles. The number of rotatable bonds is 1. The van der Waals surface area contributed by atoms with E-state index in [2.05, 4.69) is 11.6 Å². The summed E-state index contributed by atoms with van der Waals surface area (Å²) in [5, 5.41) is 9.82. The average Bonchev–Trinajstić information content (AvgIpc) is 2.41. The molecule has 4 heteroatoms. The second kappa shape index (κ2) is 5.61. The number of thiazole rings is 1. The van der Waals surface area contributed by atoms with E-state index in [0.29, 0.717) is 0 Å². The Balaban J connectivity index is 0.000000183. The monoisotopic (exact) mass is 171 g/mol. The normalized spacial score (nSPS) is 7.73. The Morgan fingerprint density at radius 2 is 2.27 bits per heavy atom. The van der Waals surface area contributed by atoms with Gasteiger partial charge in [0.05, 0.1) is 5.51 Å². The highest BCUT2D eigenvalue weighted by molar-refractivity contribution is 7.07. The molecule has 0 atom stereocenters. The molecule has 0 aliphatic carbocycles. The van der Waals surface area contributed by atoms with E-state index in [9.17, 15) is 4.79 Å². The summed E-state index contributed by atoms with van der Waals surface area (Å²) < 4.78 is 0. The predicted molar refractivity (Wildman–Crippen MR) is 44.6 cm³/mol. The Bertz CT molecular complexity index is 189. The summed E-state index contributed by atoms with van der Waals surface area (Å²) >= 11 is 1.60. The number of aliphatic carboxylic acids is 1. The molecule has 0 saturated heterocycles. The van der Waals surface area contributed by atoms with Crippen LogP contribution in [0.25, 0.3) is 0 Å². The summed E-state index contributed by atoms with van der Waals surface area (Å²) in [6, 6.07) is 0. The minimum Gasteiger partial charge on any atom is -0.478 e. The van der Waals surface area contributed by atoms with Crippen LogP contribution in [-0.2, 0) is 4.79 Å². The highest BCUT2D eigenvalue weighted by Gasteiger charge is 1.90. The molecule has 1 aromatic heterocycles. The van der Waals surface area contributed by atoms with Crippen molar-refractivity contribution in [3.05, 3.63) is 29.2 Å². The molecular formula is C7H9NO2S. The fraction of sp³-hybridized carbons (Fsp3) is 0.143. The van der Waals surface area contributed by atoms with Crippen molar-refractivity contribution in [2.24, 2.45) is 0 Å². The zero-order valence-corrected chi connectivity index (χ0v) is 6.97. The highest BCUT2D eigenvalue weighted by atomic mass is 32.1. The van der Waals surface area contributed by atoms with Crippen LogP contribution in [0.2, 0.25) is 0 Å². The molecule has 0 aromatic carbocycles. The van der Waals surface area contributed by atoms with Gasteiger partial charge in [-0.2, -0.15) is 0 Å². The van der Waals surface area contributed by atoms with Crippen molar-refractivity contribution in [1.82, 2.24) is 4.98 Å². The fourth-order valence-corrected chi connectivity index (χ4v) is 0.527. The number of hydrogen-bond acceptors (Lipinski definition) is 3. The van der Waals surface area contributed by atoms with Crippen LogP contribution in [0.5, 0.6) is 0 Å². The second-order valence-corrected chi connectivity index (χ2v) is 2.52. The Morgan fingerprint density at radius 1 is 1.73 bits per heavy atom. The van der Waals surface area contributed by atoms with Gasteiger partial charge in [0, 0.05) is 17.2 Å². The topological polar surface area (TPSA) is 50.2 Å². The van der Waals surface area contributed by atoms with Crippen LogP contribution < -0.4 is 0 Å². The highest BCUT2D eigenvalue weighted by Crippen LogP contribution is 1.85. The number of carboxylic acid groups (broad SMARTS) is 1. The standard InChI is InChI=1S/C4H6O2.C3H3NS/c1-3(2)4(5)6;1-2-5-3-4-1/h1H2,2H3,(H,5,6);1-3H. The van der Waals surface area contributed by atoms with Gasteiger partial charge in [-0.25, -0.2) is 4.79 Å². The number of hydrogen-bond donors (Lipinski definition) is 1. The molecule has 0 aliphatic heterocycles. The van der Waals surface area contributed by atoms with E-state index in [4.69, 9.17) is 5.11 Å². The summed E-state index contributed by atoms with van der Waals surface area (Å²) in [5.74, 6) is -0.935. The first kappa shape index (κ1) is 9.84. The zero-order valence-electron chi connectivity index (χ0n) is 6.15. The van der Waals surface area contributed by atoms with Gasteiger partial charge in [-0.15, -0.1) is 11.3 Å². The van der Waals surface area contributed by atoms with Gasteiger partial charge in [-0.1, -0.05) is 6.58 Å². The van der Waals surface area contributed by atoms with Crippen LogP contribution >= 0.6 is 11.3 Å². The van der Waals surface area contributed by atoms with Crippen molar-refractivity contribution in [3.63, 3.8) is 0 Å². The van der Waals surface area contributed by atoms with Crippen LogP contribution in [0.4, 0.5) is 0 Å². The van der Waals surface area contributed by atoms with Crippen molar-refractivity contribution < 1.29 is 9.90 Å². The Labute approximate surface area is 69.0 Å². The maximum absolute atomic E-state index is 9.60. The summed E-state index contributed by atoms with van der Waals surface area (Å²) in [6.45, 7) is 4.60. The first-order valence-electron chi connectivity index (χ1n) is 2.85. The molecule has 1 aromatic rings. The van der Waals surface area contributed by atoms with E-state index >= 15 is 0 Å². The first-order valence-corrected chi connectivity index (χ1v) is 3.80. The lowest BCUT2D eigenvalue weighted by Gasteiger charge is -1.79. The summed E-state index contributed by atoms with van der Waals surface area (Å²) in [4.78, 5) is 13.3. The maximum Gasteiger partial charge on any atom is 0.330 e. The van der Waals surface area contributed by atoms with Crippen LogP contribution in [-0.4, -0.2) is 16.1 Å². The first-order chi connectivity index (χ1) is 5.14. The number of carbonyl (C=O) groups is 1. The molecule has 0 spiro atoms. The van der Waals surface area contributed by atoms with E-state index in [1.54, 1.807) is 23.0 Å². The van der Waals surface area contributed by atoms with E-state index in [0.717, 1.165) is 0 Å². The lowest BCUT2D eigenvalue weighted by molar-refractivity contribution is -0.132. The minimum absolute atomic E-state index is 0.176. The lowest BCUT2D eigenvalue weighted by atomic mass is 10.4. The van der Waals surface area contributed by atoms with Crippen LogP contribution in [0.3, 0.4) is 0 Å². The molecule has 0 radical (unpaired) electrons. The molecule has 60 valence electrons. The SMILES string of the molecule is C=C(C)C(=O)O.c1cscn1. The van der Waals surface area contributed by atoms with Gasteiger partial charge < -0.3 is 5.11 Å². The fourth-order valence-electron chi connectivity index (χ4n) is 0.176. The third kappa shape index (κ3) is 6.73. The molecule has 0 fully saturated rings. The largest absolute Gasteiger partial charge is 0.478 e. The summed E-state index contributed by atoms with van der Waals surface area (Å²) in [6.07, 6.45) is 1.77. The van der Waals surface area contributed by atoms with Crippen LogP contribution in [0.1, 0.15) is 6.92 Å². The maximum atomic E-state index is 9.60. The van der Waals surface area contributed by atoms with E-state index in [1.165, 1.54) is 6.92 Å². The summed E-state index contributed by atoms with van der Waals surface area (Å²) in [7, 11) is 0. The Hall–Kier alpha value is -1.16. The molecule has 0 bridgehead atoms. The van der Waals surface area contributed by atoms with Crippen LogP contribution in [0.15, 0.2) is 29.2 Å². The zero-order chi connectivity index (χ0) is 8.69. The minimum atomic E-state index is -0.935. The van der Waals surface area contributed by atoms with Gasteiger partial charge in [0.2, 0.25) is 0 Å². The van der Waals surface area contributed by atoms with Crippen LogP contribution in [0, 0.1) is 0 Å². The van der Waals surface area contributed by atoms with Crippen molar-refractivity contribution in [2.75, 3.05) is 0 Å². The number of aromatic nitrogens is 1. The number of nitrogens with zero attached hydrogens (tertiary/aromatic N) is 1. The predicted octanol–water partition coefficient (Wildman–Crippen LogP) is 1.79. The van der Waals surface area contributed by atoms with Gasteiger partial charge in [0.15, 0.2) is 0 Å². The second-order valence-electron chi connectivity index (χ2n) is 1.76. The van der Waals surface area contributed by atoms with Gasteiger partial charge in [0.25, 0.3) is 0 Å². The van der Waals surface area contributed by atoms with Crippen molar-refractivity contribution in [1.29, 1.82) is 0 Å². The lowest BCUT2D eigenvalue weighted by Crippen LogP contribution is -1.92. The van der Waals surface area contributed by atoms with Crippen molar-refractivity contribution >= 4 is 17.3 Å². The molecule has 0 aliphatic rings. The Morgan fingerprint density at radius 3 is 2.36 bits per heavy atom. The Kier molecular flexibility index (Phi) is 5.02. The molecule has 11 heavy (non-hydrogen) atoms. The van der Waals surface area contributed by atoms with Crippen molar-refractivity contribution in [2.45, 2.75) is 6.92 Å². The molecular weight excluding hydrogens is 162 g/mol. The molecule has 0 saturated carbocycles. The smallest absolute Gasteiger partial charge is 0.330 e. The van der Waals surface area contributed by atoms with Gasteiger partial charge in [0.1, 0.15) is 0 Å². The summed E-state index contributed by atoms with van der Waals surface area (Å²) in [5.41, 5.74) is 1.97. The molecule has 1 N–H and O–H groups in total. The quantitative estimate of drug-likeness (QED) is 0.655. The van der Waals surface area contributed by atoms with Gasteiger partial charge in [-0.05, 0) is 6.92 Å².